The Hall–Kier alpha value is -2.66. The molecular weight excluding hydrogens is 374 g/mol. The van der Waals surface area contributed by atoms with Gasteiger partial charge in [0.25, 0.3) is 0 Å². The molecule has 0 radical (unpaired) electrons. The Bertz CT molecular complexity index is 1010. The van der Waals surface area contributed by atoms with E-state index in [0.717, 1.165) is 35.1 Å². The van der Waals surface area contributed by atoms with Gasteiger partial charge in [-0.05, 0) is 54.5 Å². The Morgan fingerprint density at radius 3 is 2.64 bits per heavy atom. The molecule has 2 atom stereocenters. The Balaban J connectivity index is 1.15. The van der Waals surface area contributed by atoms with E-state index in [9.17, 15) is 4.79 Å². The fourth-order valence-electron chi connectivity index (χ4n) is 4.38. The van der Waals surface area contributed by atoms with Gasteiger partial charge in [0.2, 0.25) is 5.91 Å². The first-order valence-electron chi connectivity index (χ1n) is 9.58. The lowest BCUT2D eigenvalue weighted by Crippen LogP contribution is -2.32. The summed E-state index contributed by atoms with van der Waals surface area (Å²) in [7, 11) is 0. The number of nitrogens with zero attached hydrogens (tertiary/aromatic N) is 2. The van der Waals surface area contributed by atoms with Crippen molar-refractivity contribution in [3.8, 4) is 5.75 Å². The predicted molar refractivity (Wildman–Crippen MR) is 107 cm³/mol. The highest BCUT2D eigenvalue weighted by Gasteiger charge is 2.57. The molecule has 142 valence electrons. The van der Waals surface area contributed by atoms with Gasteiger partial charge in [-0.25, -0.2) is 0 Å². The van der Waals surface area contributed by atoms with Crippen LogP contribution in [0.2, 0.25) is 5.02 Å². The third kappa shape index (κ3) is 3.42. The summed E-state index contributed by atoms with van der Waals surface area (Å²) < 4.78 is 6.22. The molecule has 1 aromatic heterocycles. The summed E-state index contributed by atoms with van der Waals surface area (Å²) in [5, 5.41) is 13.0. The summed E-state index contributed by atoms with van der Waals surface area (Å²) in [6.45, 7) is 0. The van der Waals surface area contributed by atoms with Crippen LogP contribution in [0.5, 0.6) is 5.75 Å². The average Bonchev–Trinajstić information content (AvgIpc) is 3.13. The zero-order valence-corrected chi connectivity index (χ0v) is 16.0. The van der Waals surface area contributed by atoms with E-state index in [1.54, 1.807) is 6.20 Å². The number of fused-ring (bicyclic) bond motifs is 2. The van der Waals surface area contributed by atoms with Crippen molar-refractivity contribution in [2.75, 3.05) is 0 Å². The summed E-state index contributed by atoms with van der Waals surface area (Å²) >= 11 is 5.89. The average molecular weight is 394 g/mol. The first kappa shape index (κ1) is 17.4. The minimum Gasteiger partial charge on any atom is -0.488 e. The van der Waals surface area contributed by atoms with E-state index in [1.165, 1.54) is 0 Å². The molecular formula is C22H20ClN3O2. The molecule has 6 heteroatoms. The van der Waals surface area contributed by atoms with Crippen LogP contribution < -0.4 is 10.1 Å². The van der Waals surface area contributed by atoms with Crippen LogP contribution in [-0.4, -0.2) is 28.3 Å². The molecule has 28 heavy (non-hydrogen) atoms. The van der Waals surface area contributed by atoms with Gasteiger partial charge >= 0.3 is 0 Å². The highest BCUT2D eigenvalue weighted by atomic mass is 35.5. The van der Waals surface area contributed by atoms with Gasteiger partial charge in [-0.15, -0.1) is 0 Å². The molecule has 2 aliphatic carbocycles. The Labute approximate surface area is 168 Å². The highest BCUT2D eigenvalue weighted by molar-refractivity contribution is 6.30. The number of amides is 1. The lowest BCUT2D eigenvalue weighted by atomic mass is 10.1. The normalized spacial score (nSPS) is 25.3. The molecule has 0 spiro atoms. The van der Waals surface area contributed by atoms with Crippen LogP contribution in [0.25, 0.3) is 10.9 Å². The SMILES string of the molecule is O=C(Cc1ccc(Cl)cc1)NC1C2CC(Oc3cnnc4ccccc34)CC21. The largest absolute Gasteiger partial charge is 0.488 e. The molecule has 0 aliphatic heterocycles. The van der Waals surface area contributed by atoms with E-state index in [0.29, 0.717) is 23.3 Å². The lowest BCUT2D eigenvalue weighted by molar-refractivity contribution is -0.120. The van der Waals surface area contributed by atoms with Gasteiger partial charge < -0.3 is 10.1 Å². The summed E-state index contributed by atoms with van der Waals surface area (Å²) in [6, 6.07) is 15.6. The third-order valence-electron chi connectivity index (χ3n) is 5.81. The number of halogens is 1. The molecule has 5 nitrogen and oxygen atoms in total. The van der Waals surface area contributed by atoms with Gasteiger partial charge in [0.15, 0.2) is 0 Å². The topological polar surface area (TPSA) is 64.1 Å². The summed E-state index contributed by atoms with van der Waals surface area (Å²) in [4.78, 5) is 12.3. The number of ether oxygens (including phenoxy) is 1. The number of rotatable bonds is 5. The maximum Gasteiger partial charge on any atom is 0.224 e. The minimum absolute atomic E-state index is 0.0727. The van der Waals surface area contributed by atoms with Gasteiger partial charge in [-0.1, -0.05) is 35.9 Å². The first-order valence-corrected chi connectivity index (χ1v) is 9.96. The standard InChI is InChI=1S/C22H20ClN3O2/c23-14-7-5-13(6-8-14)9-21(27)25-22-17-10-15(11-18(17)22)28-20-12-24-26-19-4-2-1-3-16(19)20/h1-8,12,15,17-18,22H,9-11H2,(H,25,27). The molecule has 1 heterocycles. The number of hydrogen-bond donors (Lipinski definition) is 1. The van der Waals surface area contributed by atoms with E-state index >= 15 is 0 Å². The molecule has 2 unspecified atom stereocenters. The van der Waals surface area contributed by atoms with Crippen molar-refractivity contribution in [1.82, 2.24) is 15.5 Å². The number of carbonyl (C=O) groups is 1. The maximum absolute atomic E-state index is 12.3. The smallest absolute Gasteiger partial charge is 0.224 e. The molecule has 2 aromatic carbocycles. The van der Waals surface area contributed by atoms with Crippen LogP contribution in [0, 0.1) is 11.8 Å². The van der Waals surface area contributed by atoms with Crippen molar-refractivity contribution >= 4 is 28.4 Å². The van der Waals surface area contributed by atoms with E-state index in [-0.39, 0.29) is 18.1 Å². The molecule has 2 fully saturated rings. The molecule has 2 aliphatic rings. The van der Waals surface area contributed by atoms with Gasteiger partial charge in [0, 0.05) is 16.5 Å². The fourth-order valence-corrected chi connectivity index (χ4v) is 4.51. The quantitative estimate of drug-likeness (QED) is 0.716. The Kier molecular flexibility index (Phi) is 4.40. The second-order valence-electron chi connectivity index (χ2n) is 7.66. The predicted octanol–water partition coefficient (Wildman–Crippen LogP) is 3.80. The van der Waals surface area contributed by atoms with Crippen LogP contribution in [0.3, 0.4) is 0 Å². The number of aromatic nitrogens is 2. The Morgan fingerprint density at radius 1 is 1.11 bits per heavy atom. The zero-order chi connectivity index (χ0) is 19.1. The number of nitrogens with one attached hydrogen (secondary N) is 1. The number of benzene rings is 2. The van der Waals surface area contributed by atoms with E-state index in [2.05, 4.69) is 15.5 Å². The molecule has 0 saturated heterocycles. The van der Waals surface area contributed by atoms with Gasteiger partial charge in [-0.3, -0.25) is 4.79 Å². The van der Waals surface area contributed by atoms with Crippen molar-refractivity contribution in [3.63, 3.8) is 0 Å². The van der Waals surface area contributed by atoms with E-state index in [1.807, 2.05) is 48.5 Å². The van der Waals surface area contributed by atoms with Crippen molar-refractivity contribution in [1.29, 1.82) is 0 Å². The zero-order valence-electron chi connectivity index (χ0n) is 15.2. The van der Waals surface area contributed by atoms with Crippen molar-refractivity contribution < 1.29 is 9.53 Å². The van der Waals surface area contributed by atoms with Crippen LogP contribution in [0.4, 0.5) is 0 Å². The highest BCUT2D eigenvalue weighted by Crippen LogP contribution is 2.53. The van der Waals surface area contributed by atoms with Crippen LogP contribution in [0.1, 0.15) is 18.4 Å². The minimum atomic E-state index is 0.0727. The van der Waals surface area contributed by atoms with Gasteiger partial charge in [0.1, 0.15) is 5.75 Å². The number of hydrogen-bond acceptors (Lipinski definition) is 4. The molecule has 1 N–H and O–H groups in total. The van der Waals surface area contributed by atoms with Crippen molar-refractivity contribution in [2.45, 2.75) is 31.4 Å². The lowest BCUT2D eigenvalue weighted by Gasteiger charge is -2.18. The van der Waals surface area contributed by atoms with Crippen LogP contribution >= 0.6 is 11.6 Å². The van der Waals surface area contributed by atoms with Crippen LogP contribution in [-0.2, 0) is 11.2 Å². The first-order chi connectivity index (χ1) is 13.7. The molecule has 3 aromatic rings. The second-order valence-corrected chi connectivity index (χ2v) is 8.10. The second kappa shape index (κ2) is 7.06. The molecule has 2 saturated carbocycles. The molecule has 5 rings (SSSR count). The number of carbonyl (C=O) groups excluding carboxylic acids is 1. The summed E-state index contributed by atoms with van der Waals surface area (Å²) in [6.07, 6.45) is 4.19. The third-order valence-corrected chi connectivity index (χ3v) is 6.06. The van der Waals surface area contributed by atoms with Gasteiger partial charge in [0.05, 0.1) is 24.2 Å². The monoisotopic (exact) mass is 393 g/mol. The van der Waals surface area contributed by atoms with Crippen LogP contribution in [0.15, 0.2) is 54.7 Å². The summed E-state index contributed by atoms with van der Waals surface area (Å²) in [5.41, 5.74) is 1.82. The van der Waals surface area contributed by atoms with Gasteiger partial charge in [-0.2, -0.15) is 10.2 Å². The Morgan fingerprint density at radius 2 is 1.86 bits per heavy atom. The maximum atomic E-state index is 12.3. The van der Waals surface area contributed by atoms with E-state index in [4.69, 9.17) is 16.3 Å². The molecule has 1 amide bonds. The van der Waals surface area contributed by atoms with Crippen molar-refractivity contribution in [3.05, 3.63) is 65.3 Å². The molecule has 0 bridgehead atoms. The summed E-state index contributed by atoms with van der Waals surface area (Å²) in [5.74, 6) is 1.89. The van der Waals surface area contributed by atoms with Crippen molar-refractivity contribution in [2.24, 2.45) is 11.8 Å². The van der Waals surface area contributed by atoms with E-state index < -0.39 is 0 Å². The fraction of sp³-hybridized carbons (Fsp3) is 0.318.